The van der Waals surface area contributed by atoms with Crippen LogP contribution >= 0.6 is 0 Å². The van der Waals surface area contributed by atoms with E-state index in [1.807, 2.05) is 53.8 Å². The number of nitrogens with zero attached hydrogens (tertiary/aromatic N) is 3. The maximum absolute atomic E-state index is 11.4. The van der Waals surface area contributed by atoms with Crippen molar-refractivity contribution in [3.63, 3.8) is 0 Å². The van der Waals surface area contributed by atoms with Gasteiger partial charge in [0.2, 0.25) is 5.91 Å². The van der Waals surface area contributed by atoms with Gasteiger partial charge in [-0.25, -0.2) is 4.98 Å². The number of hydrogen-bond acceptors (Lipinski definition) is 5. The molecule has 32 heavy (non-hydrogen) atoms. The number of primary amides is 1. The minimum atomic E-state index is -0.515. The van der Waals surface area contributed by atoms with E-state index in [2.05, 4.69) is 4.98 Å². The van der Waals surface area contributed by atoms with Crippen LogP contribution in [0.25, 0.3) is 17.8 Å². The highest BCUT2D eigenvalue weighted by Gasteiger charge is 2.15. The fourth-order valence-electron chi connectivity index (χ4n) is 3.31. The molecule has 0 fully saturated rings. The van der Waals surface area contributed by atoms with Crippen LogP contribution in [0.5, 0.6) is 5.75 Å². The van der Waals surface area contributed by atoms with Crippen molar-refractivity contribution < 1.29 is 14.5 Å². The highest BCUT2D eigenvalue weighted by molar-refractivity contribution is 5.93. The Morgan fingerprint density at radius 2 is 1.94 bits per heavy atom. The smallest absolute Gasteiger partial charge is 0.310 e. The van der Waals surface area contributed by atoms with E-state index in [4.69, 9.17) is 10.5 Å². The molecule has 2 aromatic heterocycles. The van der Waals surface area contributed by atoms with E-state index >= 15 is 0 Å². The Balaban J connectivity index is 1.61. The van der Waals surface area contributed by atoms with Crippen molar-refractivity contribution in [1.29, 1.82) is 0 Å². The molecule has 0 saturated heterocycles. The van der Waals surface area contributed by atoms with Crippen LogP contribution in [-0.4, -0.2) is 20.2 Å². The number of hydrogen-bond donors (Lipinski definition) is 1. The molecule has 0 bridgehead atoms. The van der Waals surface area contributed by atoms with Gasteiger partial charge in [-0.2, -0.15) is 0 Å². The van der Waals surface area contributed by atoms with Gasteiger partial charge in [-0.1, -0.05) is 36.4 Å². The number of nitrogens with two attached hydrogens (primary N) is 1. The molecule has 8 heteroatoms. The number of nitro benzene ring substituents is 1. The van der Waals surface area contributed by atoms with Crippen LogP contribution in [0.15, 0.2) is 66.9 Å². The van der Waals surface area contributed by atoms with Crippen LogP contribution in [0, 0.1) is 17.0 Å². The Bertz CT molecular complexity index is 1340. The van der Waals surface area contributed by atoms with Gasteiger partial charge in [0.25, 0.3) is 0 Å². The van der Waals surface area contributed by atoms with Gasteiger partial charge < -0.3 is 14.9 Å². The zero-order chi connectivity index (χ0) is 22.7. The van der Waals surface area contributed by atoms with Crippen LogP contribution < -0.4 is 10.5 Å². The molecule has 160 valence electrons. The van der Waals surface area contributed by atoms with E-state index in [0.717, 1.165) is 16.8 Å². The van der Waals surface area contributed by atoms with E-state index in [1.165, 1.54) is 6.07 Å². The summed E-state index contributed by atoms with van der Waals surface area (Å²) in [6.07, 6.45) is 5.37. The fourth-order valence-corrected chi connectivity index (χ4v) is 3.31. The maximum atomic E-state index is 11.4. The molecule has 0 aliphatic heterocycles. The van der Waals surface area contributed by atoms with Gasteiger partial charge in [0, 0.05) is 23.5 Å². The predicted octanol–water partition coefficient (Wildman–Crippen LogP) is 4.40. The standard InChI is InChI=1S/C24H20N4O4/c1-16-20(26-23-14-19(24(25)29)11-12-27(16)23)9-7-17-8-10-21(28(30)31)22(13-17)32-15-18-5-3-2-4-6-18/h2-14H,15H2,1H3,(H2,25,29). The van der Waals surface area contributed by atoms with E-state index in [1.54, 1.807) is 30.5 Å². The summed E-state index contributed by atoms with van der Waals surface area (Å²) in [5.74, 6) is -0.321. The first-order valence-electron chi connectivity index (χ1n) is 9.84. The summed E-state index contributed by atoms with van der Waals surface area (Å²) < 4.78 is 7.60. The summed E-state index contributed by atoms with van der Waals surface area (Å²) >= 11 is 0. The Labute approximate surface area is 183 Å². The highest BCUT2D eigenvalue weighted by atomic mass is 16.6. The second-order valence-corrected chi connectivity index (χ2v) is 7.18. The van der Waals surface area contributed by atoms with Crippen LogP contribution in [0.3, 0.4) is 0 Å². The first kappa shape index (κ1) is 20.8. The van der Waals surface area contributed by atoms with Gasteiger partial charge in [0.05, 0.1) is 10.6 Å². The van der Waals surface area contributed by atoms with Gasteiger partial charge >= 0.3 is 5.69 Å². The molecular formula is C24H20N4O4. The Hall–Kier alpha value is -4.46. The van der Waals surface area contributed by atoms with Crippen LogP contribution in [-0.2, 0) is 6.61 Å². The van der Waals surface area contributed by atoms with Crippen LogP contribution in [0.2, 0.25) is 0 Å². The molecule has 8 nitrogen and oxygen atoms in total. The second-order valence-electron chi connectivity index (χ2n) is 7.18. The van der Waals surface area contributed by atoms with Gasteiger partial charge in [-0.15, -0.1) is 0 Å². The molecule has 0 radical (unpaired) electrons. The van der Waals surface area contributed by atoms with Crippen molar-refractivity contribution in [3.8, 4) is 5.75 Å². The number of nitro groups is 1. The molecule has 0 spiro atoms. The van der Waals surface area contributed by atoms with E-state index in [9.17, 15) is 14.9 Å². The molecule has 0 saturated carbocycles. The highest BCUT2D eigenvalue weighted by Crippen LogP contribution is 2.29. The zero-order valence-electron chi connectivity index (χ0n) is 17.3. The van der Waals surface area contributed by atoms with Crippen molar-refractivity contribution >= 4 is 29.4 Å². The molecule has 2 N–H and O–H groups in total. The van der Waals surface area contributed by atoms with Gasteiger partial charge in [-0.3, -0.25) is 14.9 Å². The Kier molecular flexibility index (Phi) is 5.67. The molecule has 0 unspecified atom stereocenters. The number of carbonyl (C=O) groups is 1. The van der Waals surface area contributed by atoms with E-state index in [0.29, 0.717) is 16.9 Å². The van der Waals surface area contributed by atoms with Crippen molar-refractivity contribution in [3.05, 3.63) is 105 Å². The van der Waals surface area contributed by atoms with Crippen molar-refractivity contribution in [2.24, 2.45) is 5.73 Å². The number of fused-ring (bicyclic) bond motifs is 1. The lowest BCUT2D eigenvalue weighted by Crippen LogP contribution is -2.11. The Morgan fingerprint density at radius 3 is 2.66 bits per heavy atom. The third-order valence-corrected chi connectivity index (χ3v) is 5.04. The summed E-state index contributed by atoms with van der Waals surface area (Å²) in [6.45, 7) is 2.14. The summed E-state index contributed by atoms with van der Waals surface area (Å²) in [6, 6.07) is 17.4. The first-order chi connectivity index (χ1) is 15.4. The lowest BCUT2D eigenvalue weighted by molar-refractivity contribution is -0.385. The van der Waals surface area contributed by atoms with Crippen molar-refractivity contribution in [2.45, 2.75) is 13.5 Å². The van der Waals surface area contributed by atoms with Crippen molar-refractivity contribution in [1.82, 2.24) is 9.38 Å². The lowest BCUT2D eigenvalue weighted by atomic mass is 10.1. The van der Waals surface area contributed by atoms with Crippen LogP contribution in [0.1, 0.15) is 32.9 Å². The fraction of sp³-hybridized carbons (Fsp3) is 0.0833. The third kappa shape index (κ3) is 4.34. The number of pyridine rings is 1. The number of benzene rings is 2. The number of ether oxygens (including phenoxy) is 1. The molecule has 2 heterocycles. The average Bonchev–Trinajstić information content (AvgIpc) is 3.11. The predicted molar refractivity (Wildman–Crippen MR) is 121 cm³/mol. The number of carbonyl (C=O) groups excluding carboxylic acids is 1. The minimum Gasteiger partial charge on any atom is -0.482 e. The average molecular weight is 428 g/mol. The number of rotatable bonds is 7. The molecule has 4 rings (SSSR count). The molecule has 0 aliphatic carbocycles. The molecule has 1 amide bonds. The molecular weight excluding hydrogens is 408 g/mol. The van der Waals surface area contributed by atoms with Crippen LogP contribution in [0.4, 0.5) is 5.69 Å². The molecule has 0 atom stereocenters. The zero-order valence-corrected chi connectivity index (χ0v) is 17.3. The summed E-state index contributed by atoms with van der Waals surface area (Å²) in [4.78, 5) is 26.9. The first-order valence-corrected chi connectivity index (χ1v) is 9.84. The molecule has 2 aromatic carbocycles. The Morgan fingerprint density at radius 1 is 1.16 bits per heavy atom. The quantitative estimate of drug-likeness (QED) is 0.346. The van der Waals surface area contributed by atoms with Gasteiger partial charge in [0.1, 0.15) is 12.3 Å². The number of aryl methyl sites for hydroxylation is 1. The van der Waals surface area contributed by atoms with E-state index in [-0.39, 0.29) is 18.0 Å². The number of amides is 1. The van der Waals surface area contributed by atoms with E-state index < -0.39 is 10.8 Å². The number of aromatic nitrogens is 2. The van der Waals surface area contributed by atoms with Gasteiger partial charge in [0.15, 0.2) is 5.75 Å². The molecule has 4 aromatic rings. The lowest BCUT2D eigenvalue weighted by Gasteiger charge is -2.08. The van der Waals surface area contributed by atoms with Gasteiger partial charge in [-0.05, 0) is 48.4 Å². The monoisotopic (exact) mass is 428 g/mol. The minimum absolute atomic E-state index is 0.0963. The summed E-state index contributed by atoms with van der Waals surface area (Å²) in [7, 11) is 0. The topological polar surface area (TPSA) is 113 Å². The number of imidazole rings is 1. The second kappa shape index (κ2) is 8.73. The largest absolute Gasteiger partial charge is 0.482 e. The summed E-state index contributed by atoms with van der Waals surface area (Å²) in [5, 5.41) is 11.4. The van der Waals surface area contributed by atoms with Crippen molar-refractivity contribution in [2.75, 3.05) is 0 Å². The SMILES string of the molecule is Cc1c(C=Cc2ccc([N+](=O)[O-])c(OCc3ccccc3)c2)nc2cc(C(N)=O)ccn12. The third-order valence-electron chi connectivity index (χ3n) is 5.04. The summed E-state index contributed by atoms with van der Waals surface area (Å²) in [5.41, 5.74) is 9.47. The normalized spacial score (nSPS) is 11.2. The molecule has 0 aliphatic rings. The maximum Gasteiger partial charge on any atom is 0.310 e.